The highest BCUT2D eigenvalue weighted by molar-refractivity contribution is 6.28. The molecule has 2 amide bonds. The summed E-state index contributed by atoms with van der Waals surface area (Å²) in [6.07, 6.45) is -0.263. The van der Waals surface area contributed by atoms with E-state index in [0.29, 0.717) is 24.3 Å². The van der Waals surface area contributed by atoms with Crippen LogP contribution in [0.5, 0.6) is 0 Å². The molecule has 0 saturated heterocycles. The maximum absolute atomic E-state index is 12.8. The van der Waals surface area contributed by atoms with Crippen LogP contribution in [0.3, 0.4) is 0 Å². The lowest BCUT2D eigenvalue weighted by atomic mass is 10.0. The number of benzene rings is 1. The Morgan fingerprint density at radius 3 is 2.63 bits per heavy atom. The first-order valence-corrected chi connectivity index (χ1v) is 9.01. The monoisotopic (exact) mass is 388 g/mol. The van der Waals surface area contributed by atoms with Gasteiger partial charge in [0.2, 0.25) is 5.28 Å². The first kappa shape index (κ1) is 19.1. The Bertz CT molecular complexity index is 865. The number of ether oxygens (including phenoxy) is 1. The fourth-order valence-corrected chi connectivity index (χ4v) is 2.91. The fraction of sp³-hybridized carbons (Fsp3) is 0.368. The Kier molecular flexibility index (Phi) is 5.32. The average molecular weight is 389 g/mol. The minimum absolute atomic E-state index is 0.0521. The van der Waals surface area contributed by atoms with Crippen molar-refractivity contribution in [1.82, 2.24) is 14.9 Å². The minimum Gasteiger partial charge on any atom is -0.443 e. The molecule has 0 bridgehead atoms. The lowest BCUT2D eigenvalue weighted by Gasteiger charge is -2.29. The van der Waals surface area contributed by atoms with Crippen LogP contribution in [0.1, 0.15) is 42.4 Å². The van der Waals surface area contributed by atoms with Gasteiger partial charge in [-0.1, -0.05) is 30.3 Å². The van der Waals surface area contributed by atoms with E-state index in [-0.39, 0.29) is 17.5 Å². The summed E-state index contributed by atoms with van der Waals surface area (Å²) < 4.78 is 5.30. The Labute approximate surface area is 162 Å². The average Bonchev–Trinajstić information content (AvgIpc) is 2.60. The van der Waals surface area contributed by atoms with Gasteiger partial charge in [0.05, 0.1) is 0 Å². The molecule has 1 N–H and O–H groups in total. The van der Waals surface area contributed by atoms with Gasteiger partial charge in [-0.2, -0.15) is 0 Å². The Hall–Kier alpha value is -2.67. The van der Waals surface area contributed by atoms with Crippen LogP contribution in [-0.4, -0.2) is 39.0 Å². The summed E-state index contributed by atoms with van der Waals surface area (Å²) in [7, 11) is 0. The molecule has 8 heteroatoms. The van der Waals surface area contributed by atoms with Gasteiger partial charge in [-0.3, -0.25) is 4.79 Å². The number of imide groups is 1. The predicted octanol–water partition coefficient (Wildman–Crippen LogP) is 3.68. The van der Waals surface area contributed by atoms with Gasteiger partial charge in [-0.25, -0.2) is 19.7 Å². The van der Waals surface area contributed by atoms with Crippen molar-refractivity contribution in [3.63, 3.8) is 0 Å². The van der Waals surface area contributed by atoms with Gasteiger partial charge in [0.25, 0.3) is 5.91 Å². The number of hydrogen-bond acceptors (Lipinski definition) is 6. The number of nitrogens with zero attached hydrogens (tertiary/aromatic N) is 3. The summed E-state index contributed by atoms with van der Waals surface area (Å²) in [6, 6.07) is 9.80. The number of halogens is 1. The summed E-state index contributed by atoms with van der Waals surface area (Å²) in [5.41, 5.74) is 1.16. The van der Waals surface area contributed by atoms with E-state index in [9.17, 15) is 9.59 Å². The van der Waals surface area contributed by atoms with Crippen LogP contribution in [0, 0.1) is 0 Å². The largest absolute Gasteiger partial charge is 0.443 e. The molecule has 0 aliphatic carbocycles. The molecular weight excluding hydrogens is 368 g/mol. The number of anilines is 1. The molecule has 1 aromatic heterocycles. The zero-order chi connectivity index (χ0) is 19.6. The molecule has 1 aromatic carbocycles. The highest BCUT2D eigenvalue weighted by atomic mass is 35.5. The number of hydrogen-bond donors (Lipinski definition) is 1. The van der Waals surface area contributed by atoms with Crippen molar-refractivity contribution in [2.45, 2.75) is 39.3 Å². The van der Waals surface area contributed by atoms with Crippen LogP contribution in [0.25, 0.3) is 0 Å². The van der Waals surface area contributed by atoms with E-state index in [1.54, 1.807) is 20.8 Å². The zero-order valence-corrected chi connectivity index (χ0v) is 16.2. The van der Waals surface area contributed by atoms with Crippen LogP contribution in [0.4, 0.5) is 10.6 Å². The number of carbonyl (C=O) groups excluding carboxylic acids is 2. The van der Waals surface area contributed by atoms with Gasteiger partial charge in [-0.15, -0.1) is 0 Å². The van der Waals surface area contributed by atoms with E-state index in [0.717, 1.165) is 10.5 Å². The molecule has 1 aliphatic rings. The molecule has 3 rings (SSSR count). The number of rotatable bonds is 3. The number of aromatic nitrogens is 2. The molecule has 2 aromatic rings. The van der Waals surface area contributed by atoms with E-state index in [1.807, 2.05) is 30.3 Å². The smallest absolute Gasteiger partial charge is 0.417 e. The molecular formula is C19H21ClN4O3. The molecule has 142 valence electrons. The van der Waals surface area contributed by atoms with Crippen molar-refractivity contribution >= 4 is 29.4 Å². The van der Waals surface area contributed by atoms with E-state index in [1.165, 1.54) is 0 Å². The van der Waals surface area contributed by atoms with Gasteiger partial charge in [0.1, 0.15) is 17.1 Å². The van der Waals surface area contributed by atoms with Crippen molar-refractivity contribution in [2.75, 3.05) is 11.9 Å². The lowest BCUT2D eigenvalue weighted by Crippen LogP contribution is -2.45. The topological polar surface area (TPSA) is 84.4 Å². The number of carbonyl (C=O) groups is 2. The molecule has 0 saturated carbocycles. The van der Waals surface area contributed by atoms with Gasteiger partial charge < -0.3 is 10.1 Å². The Morgan fingerprint density at radius 2 is 1.96 bits per heavy atom. The highest BCUT2D eigenvalue weighted by Crippen LogP contribution is 2.26. The molecule has 0 radical (unpaired) electrons. The third kappa shape index (κ3) is 4.54. The minimum atomic E-state index is -0.691. The van der Waals surface area contributed by atoms with Crippen molar-refractivity contribution in [3.8, 4) is 0 Å². The summed E-state index contributed by atoms with van der Waals surface area (Å²) in [6.45, 7) is 5.98. The van der Waals surface area contributed by atoms with Crippen LogP contribution in [0.15, 0.2) is 30.3 Å². The summed E-state index contributed by atoms with van der Waals surface area (Å²) in [5.74, 6) is -0.0244. The third-order valence-electron chi connectivity index (χ3n) is 3.93. The van der Waals surface area contributed by atoms with Crippen LogP contribution >= 0.6 is 11.6 Å². The molecule has 0 unspecified atom stereocenters. The lowest BCUT2D eigenvalue weighted by molar-refractivity contribution is 0.0231. The van der Waals surface area contributed by atoms with Gasteiger partial charge in [0.15, 0.2) is 0 Å². The second-order valence-corrected chi connectivity index (χ2v) is 7.53. The predicted molar refractivity (Wildman–Crippen MR) is 102 cm³/mol. The molecule has 27 heavy (non-hydrogen) atoms. The van der Waals surface area contributed by atoms with Crippen LogP contribution in [0.2, 0.25) is 5.28 Å². The highest BCUT2D eigenvalue weighted by Gasteiger charge is 2.35. The number of fused-ring (bicyclic) bond motifs is 1. The van der Waals surface area contributed by atoms with Gasteiger partial charge in [-0.05, 0) is 44.4 Å². The Balaban J connectivity index is 1.83. The molecule has 0 spiro atoms. The van der Waals surface area contributed by atoms with Crippen LogP contribution < -0.4 is 5.32 Å². The van der Waals surface area contributed by atoms with Crippen molar-refractivity contribution in [1.29, 1.82) is 0 Å². The molecule has 2 heterocycles. The van der Waals surface area contributed by atoms with E-state index < -0.39 is 17.6 Å². The standard InChI is InChI=1S/C19H21ClN4O3/c1-19(2,3)27-18(26)24-10-9-13-14(16(24)25)22-17(20)23-15(13)21-11-12-7-5-4-6-8-12/h4-8H,9-11H2,1-3H3,(H,21,22,23). The summed E-state index contributed by atoms with van der Waals surface area (Å²) >= 11 is 6.01. The second kappa shape index (κ2) is 7.52. The van der Waals surface area contributed by atoms with Crippen molar-refractivity contribution in [2.24, 2.45) is 0 Å². The zero-order valence-electron chi connectivity index (χ0n) is 15.5. The molecule has 1 aliphatic heterocycles. The van der Waals surface area contributed by atoms with Gasteiger partial charge >= 0.3 is 6.09 Å². The quantitative estimate of drug-likeness (QED) is 0.807. The fourth-order valence-electron chi connectivity index (χ4n) is 2.74. The SMILES string of the molecule is CC(C)(C)OC(=O)N1CCc2c(NCc3ccccc3)nc(Cl)nc2C1=O. The first-order valence-electron chi connectivity index (χ1n) is 8.63. The van der Waals surface area contributed by atoms with Gasteiger partial charge in [0, 0.05) is 18.7 Å². The van der Waals surface area contributed by atoms with E-state index in [2.05, 4.69) is 15.3 Å². The third-order valence-corrected chi connectivity index (χ3v) is 4.10. The maximum atomic E-state index is 12.8. The van der Waals surface area contributed by atoms with E-state index >= 15 is 0 Å². The van der Waals surface area contributed by atoms with Crippen molar-refractivity contribution in [3.05, 3.63) is 52.4 Å². The van der Waals surface area contributed by atoms with E-state index in [4.69, 9.17) is 16.3 Å². The first-order chi connectivity index (χ1) is 12.7. The van der Waals surface area contributed by atoms with Crippen molar-refractivity contribution < 1.29 is 14.3 Å². The Morgan fingerprint density at radius 1 is 1.26 bits per heavy atom. The maximum Gasteiger partial charge on any atom is 0.417 e. The molecule has 0 atom stereocenters. The molecule has 7 nitrogen and oxygen atoms in total. The summed E-state index contributed by atoms with van der Waals surface area (Å²) in [4.78, 5) is 34.4. The normalized spacial score (nSPS) is 13.9. The number of nitrogens with one attached hydrogen (secondary N) is 1. The van der Waals surface area contributed by atoms with Crippen LogP contribution in [-0.2, 0) is 17.7 Å². The second-order valence-electron chi connectivity index (χ2n) is 7.19. The number of amides is 2. The summed E-state index contributed by atoms with van der Waals surface area (Å²) in [5, 5.41) is 3.16. The molecule has 0 fully saturated rings.